The van der Waals surface area contributed by atoms with Gasteiger partial charge in [-0.3, -0.25) is 9.69 Å². The molecule has 4 rings (SSSR count). The number of rotatable bonds is 5. The van der Waals surface area contributed by atoms with Crippen LogP contribution in [0.1, 0.15) is 34.3 Å². The summed E-state index contributed by atoms with van der Waals surface area (Å²) >= 11 is 0. The highest BCUT2D eigenvalue weighted by molar-refractivity contribution is 6.15. The molecule has 0 bridgehead atoms. The number of Topliss-reactive ketones (excluding diaryl/α,β-unsaturated/α-hetero) is 1. The van der Waals surface area contributed by atoms with Crippen molar-refractivity contribution in [1.29, 1.82) is 0 Å². The lowest BCUT2D eigenvalue weighted by Crippen LogP contribution is -2.18. The van der Waals surface area contributed by atoms with E-state index in [4.69, 9.17) is 14.2 Å². The Morgan fingerprint density at radius 2 is 1.93 bits per heavy atom. The minimum Gasteiger partial charge on any atom is -0.507 e. The normalized spacial score (nSPS) is 17.6. The Hall–Kier alpha value is -2.99. The van der Waals surface area contributed by atoms with Gasteiger partial charge >= 0.3 is 0 Å². The highest BCUT2D eigenvalue weighted by atomic mass is 16.5. The summed E-state index contributed by atoms with van der Waals surface area (Å²) in [6, 6.07) is 8.63. The maximum Gasteiger partial charge on any atom is 0.231 e. The van der Waals surface area contributed by atoms with E-state index in [0.29, 0.717) is 40.5 Å². The summed E-state index contributed by atoms with van der Waals surface area (Å²) in [5.74, 6) is 1.71. The van der Waals surface area contributed by atoms with E-state index < -0.39 is 0 Å². The molecule has 28 heavy (non-hydrogen) atoms. The van der Waals surface area contributed by atoms with E-state index in [0.717, 1.165) is 25.9 Å². The Labute approximate surface area is 163 Å². The van der Waals surface area contributed by atoms with Crippen molar-refractivity contribution in [3.63, 3.8) is 0 Å². The number of likely N-dealkylation sites (tertiary alicyclic amines) is 1. The van der Waals surface area contributed by atoms with Crippen molar-refractivity contribution in [3.05, 3.63) is 52.8 Å². The maximum atomic E-state index is 12.9. The highest BCUT2D eigenvalue weighted by Crippen LogP contribution is 2.41. The average molecular weight is 381 g/mol. The van der Waals surface area contributed by atoms with Crippen molar-refractivity contribution in [3.8, 4) is 23.0 Å². The molecular weight excluding hydrogens is 358 g/mol. The van der Waals surface area contributed by atoms with Crippen molar-refractivity contribution in [1.82, 2.24) is 4.90 Å². The number of benzene rings is 2. The number of phenols is 1. The number of nitrogens with zero attached hydrogens (tertiary/aromatic N) is 1. The third-order valence-corrected chi connectivity index (χ3v) is 5.22. The first-order valence-electron chi connectivity index (χ1n) is 9.35. The van der Waals surface area contributed by atoms with Crippen molar-refractivity contribution in [2.24, 2.45) is 0 Å². The SMILES string of the molecule is COc1cccc(/C=C2/Oc3c(ccc(O)c3CN3CCCC3)C2=O)c1OC. The van der Waals surface area contributed by atoms with Crippen molar-refractivity contribution >= 4 is 11.9 Å². The Morgan fingerprint density at radius 1 is 1.14 bits per heavy atom. The van der Waals surface area contributed by atoms with E-state index in [1.807, 2.05) is 12.1 Å². The van der Waals surface area contributed by atoms with E-state index >= 15 is 0 Å². The minimum atomic E-state index is -0.206. The van der Waals surface area contributed by atoms with Crippen LogP contribution < -0.4 is 14.2 Å². The second-order valence-electron chi connectivity index (χ2n) is 6.95. The van der Waals surface area contributed by atoms with E-state index in [1.165, 1.54) is 0 Å². The third kappa shape index (κ3) is 3.20. The Bertz CT molecular complexity index is 944. The number of ketones is 1. The Balaban J connectivity index is 1.70. The number of aromatic hydroxyl groups is 1. The lowest BCUT2D eigenvalue weighted by molar-refractivity contribution is 0.101. The van der Waals surface area contributed by atoms with Crippen molar-refractivity contribution in [2.75, 3.05) is 27.3 Å². The van der Waals surface area contributed by atoms with Gasteiger partial charge in [-0.05, 0) is 50.2 Å². The fraction of sp³-hybridized carbons (Fsp3) is 0.318. The lowest BCUT2D eigenvalue weighted by atomic mass is 10.0. The zero-order valence-corrected chi connectivity index (χ0v) is 16.0. The molecule has 2 aromatic carbocycles. The predicted octanol–water partition coefficient (Wildman–Crippen LogP) is 3.62. The monoisotopic (exact) mass is 381 g/mol. The summed E-state index contributed by atoms with van der Waals surface area (Å²) in [7, 11) is 3.12. The molecule has 2 heterocycles. The molecule has 0 atom stereocenters. The van der Waals surface area contributed by atoms with Gasteiger partial charge < -0.3 is 19.3 Å². The number of methoxy groups -OCH3 is 2. The van der Waals surface area contributed by atoms with Gasteiger partial charge in [0.15, 0.2) is 17.3 Å². The molecule has 0 saturated carbocycles. The van der Waals surface area contributed by atoms with Crippen LogP contribution in [-0.4, -0.2) is 43.1 Å². The molecule has 146 valence electrons. The number of allylic oxidation sites excluding steroid dienone is 1. The fourth-order valence-corrected chi connectivity index (χ4v) is 3.78. The fourth-order valence-electron chi connectivity index (χ4n) is 3.78. The van der Waals surface area contributed by atoms with Crippen LogP contribution in [0, 0.1) is 0 Å². The Morgan fingerprint density at radius 3 is 2.64 bits per heavy atom. The van der Waals surface area contributed by atoms with Gasteiger partial charge in [0.05, 0.1) is 25.3 Å². The molecular formula is C22H23NO5. The number of ether oxygens (including phenoxy) is 3. The number of para-hydroxylation sites is 1. The molecule has 2 aromatic rings. The molecule has 0 radical (unpaired) electrons. The maximum absolute atomic E-state index is 12.9. The van der Waals surface area contributed by atoms with Crippen LogP contribution in [0.2, 0.25) is 0 Å². The van der Waals surface area contributed by atoms with Crippen LogP contribution >= 0.6 is 0 Å². The van der Waals surface area contributed by atoms with Gasteiger partial charge in [0.25, 0.3) is 0 Å². The van der Waals surface area contributed by atoms with Crippen LogP contribution in [0.15, 0.2) is 36.1 Å². The molecule has 1 N–H and O–H groups in total. The van der Waals surface area contributed by atoms with E-state index in [9.17, 15) is 9.90 Å². The van der Waals surface area contributed by atoms with Gasteiger partial charge in [-0.1, -0.05) is 12.1 Å². The van der Waals surface area contributed by atoms with Crippen LogP contribution in [0.25, 0.3) is 6.08 Å². The van der Waals surface area contributed by atoms with Crippen LogP contribution in [0.3, 0.4) is 0 Å². The minimum absolute atomic E-state index is 0.152. The molecule has 1 saturated heterocycles. The number of hydrogen-bond donors (Lipinski definition) is 1. The zero-order chi connectivity index (χ0) is 19.7. The molecule has 0 spiro atoms. The first-order valence-corrected chi connectivity index (χ1v) is 9.35. The third-order valence-electron chi connectivity index (χ3n) is 5.22. The second kappa shape index (κ2) is 7.56. The standard InChI is InChI=1S/C22H23NO5/c1-26-18-7-5-6-14(21(18)27-2)12-19-20(25)15-8-9-17(24)16(22(15)28-19)13-23-10-3-4-11-23/h5-9,12,24H,3-4,10-11,13H2,1-2H3/b19-12+. The smallest absolute Gasteiger partial charge is 0.231 e. The van der Waals surface area contributed by atoms with E-state index in [2.05, 4.69) is 4.90 Å². The summed E-state index contributed by atoms with van der Waals surface area (Å²) in [6.07, 6.45) is 3.95. The zero-order valence-electron chi connectivity index (χ0n) is 16.0. The number of phenolic OH excluding ortho intramolecular Hbond substituents is 1. The molecule has 6 nitrogen and oxygen atoms in total. The predicted molar refractivity (Wildman–Crippen MR) is 105 cm³/mol. The lowest BCUT2D eigenvalue weighted by Gasteiger charge is -2.17. The summed E-state index contributed by atoms with van der Waals surface area (Å²) in [5, 5.41) is 10.4. The summed E-state index contributed by atoms with van der Waals surface area (Å²) in [6.45, 7) is 2.54. The second-order valence-corrected chi connectivity index (χ2v) is 6.95. The van der Waals surface area contributed by atoms with Crippen LogP contribution in [0.4, 0.5) is 0 Å². The Kier molecular flexibility index (Phi) is 4.96. The van der Waals surface area contributed by atoms with Gasteiger partial charge in [0.2, 0.25) is 5.78 Å². The van der Waals surface area contributed by atoms with Gasteiger partial charge in [0, 0.05) is 12.1 Å². The molecule has 6 heteroatoms. The van der Waals surface area contributed by atoms with Crippen LogP contribution in [-0.2, 0) is 6.54 Å². The van der Waals surface area contributed by atoms with E-state index in [-0.39, 0.29) is 17.3 Å². The molecule has 2 aliphatic heterocycles. The number of carbonyl (C=O) groups is 1. The van der Waals surface area contributed by atoms with Gasteiger partial charge in [-0.25, -0.2) is 0 Å². The summed E-state index contributed by atoms with van der Waals surface area (Å²) in [4.78, 5) is 15.2. The molecule has 0 aliphatic carbocycles. The first kappa shape index (κ1) is 18.4. The van der Waals surface area contributed by atoms with Gasteiger partial charge in [-0.2, -0.15) is 0 Å². The number of carbonyl (C=O) groups excluding carboxylic acids is 1. The summed E-state index contributed by atoms with van der Waals surface area (Å²) < 4.78 is 16.7. The molecule has 0 unspecified atom stereocenters. The number of hydrogen-bond acceptors (Lipinski definition) is 6. The molecule has 0 aromatic heterocycles. The molecule has 2 aliphatic rings. The quantitative estimate of drug-likeness (QED) is 0.798. The van der Waals surface area contributed by atoms with Gasteiger partial charge in [0.1, 0.15) is 11.5 Å². The first-order chi connectivity index (χ1) is 13.6. The number of fused-ring (bicyclic) bond motifs is 1. The topological polar surface area (TPSA) is 68.2 Å². The largest absolute Gasteiger partial charge is 0.507 e. The molecule has 1 fully saturated rings. The van der Waals surface area contributed by atoms with Crippen LogP contribution in [0.5, 0.6) is 23.0 Å². The van der Waals surface area contributed by atoms with Crippen molar-refractivity contribution in [2.45, 2.75) is 19.4 Å². The highest BCUT2D eigenvalue weighted by Gasteiger charge is 2.32. The molecule has 0 amide bonds. The average Bonchev–Trinajstić information content (AvgIpc) is 3.32. The summed E-state index contributed by atoms with van der Waals surface area (Å²) in [5.41, 5.74) is 1.82. The van der Waals surface area contributed by atoms with Crippen molar-refractivity contribution < 1.29 is 24.1 Å². The van der Waals surface area contributed by atoms with E-state index in [1.54, 1.807) is 38.5 Å². The van der Waals surface area contributed by atoms with Gasteiger partial charge in [-0.15, -0.1) is 0 Å².